The van der Waals surface area contributed by atoms with Crippen LogP contribution in [0.4, 0.5) is 0 Å². The molecule has 0 bridgehead atoms. The first-order chi connectivity index (χ1) is 8.69. The second-order valence-electron chi connectivity index (χ2n) is 4.24. The maximum absolute atomic E-state index is 11.5. The van der Waals surface area contributed by atoms with Crippen molar-refractivity contribution < 1.29 is 14.3 Å². The van der Waals surface area contributed by atoms with Gasteiger partial charge in [0.05, 0.1) is 13.2 Å². The van der Waals surface area contributed by atoms with Gasteiger partial charge in [0.2, 0.25) is 11.8 Å². The molecule has 96 valence electrons. The lowest BCUT2D eigenvalue weighted by molar-refractivity contribution is -0.134. The van der Waals surface area contributed by atoms with Gasteiger partial charge < -0.3 is 10.1 Å². The van der Waals surface area contributed by atoms with E-state index in [1.54, 1.807) is 7.11 Å². The zero-order valence-electron chi connectivity index (χ0n) is 10.2. The molecule has 1 aromatic rings. The summed E-state index contributed by atoms with van der Waals surface area (Å²) in [5, 5.41) is 5.46. The minimum atomic E-state index is -0.297. The van der Waals surface area contributed by atoms with Crippen molar-refractivity contribution in [1.82, 2.24) is 10.6 Å². The SMILES string of the molecule is COc1cccc(CNC2CCC(=O)NC2=O)c1. The molecule has 2 rings (SSSR count). The average molecular weight is 248 g/mol. The summed E-state index contributed by atoms with van der Waals surface area (Å²) in [5.41, 5.74) is 1.04. The summed E-state index contributed by atoms with van der Waals surface area (Å²) in [6.07, 6.45) is 0.941. The van der Waals surface area contributed by atoms with Crippen molar-refractivity contribution in [3.63, 3.8) is 0 Å². The van der Waals surface area contributed by atoms with Crippen LogP contribution in [-0.4, -0.2) is 25.0 Å². The smallest absolute Gasteiger partial charge is 0.243 e. The standard InChI is InChI=1S/C13H16N2O3/c1-18-10-4-2-3-9(7-10)8-14-11-5-6-12(16)15-13(11)17/h2-4,7,11,14H,5-6,8H2,1H3,(H,15,16,17). The van der Waals surface area contributed by atoms with E-state index in [1.165, 1.54) is 0 Å². The summed E-state index contributed by atoms with van der Waals surface area (Å²) in [6.45, 7) is 0.573. The number of rotatable bonds is 4. The first kappa shape index (κ1) is 12.6. The summed E-state index contributed by atoms with van der Waals surface area (Å²) in [6, 6.07) is 7.35. The minimum Gasteiger partial charge on any atom is -0.497 e. The van der Waals surface area contributed by atoms with Crippen molar-refractivity contribution in [3.8, 4) is 5.75 Å². The topological polar surface area (TPSA) is 67.4 Å². The Labute approximate surface area is 106 Å². The Kier molecular flexibility index (Phi) is 3.94. The first-order valence-electron chi connectivity index (χ1n) is 5.89. The fourth-order valence-electron chi connectivity index (χ4n) is 1.91. The van der Waals surface area contributed by atoms with Gasteiger partial charge in [-0.2, -0.15) is 0 Å². The van der Waals surface area contributed by atoms with Crippen LogP contribution in [0.25, 0.3) is 0 Å². The molecule has 0 spiro atoms. The molecule has 2 amide bonds. The van der Waals surface area contributed by atoms with Gasteiger partial charge in [-0.05, 0) is 24.1 Å². The number of hydrogen-bond donors (Lipinski definition) is 2. The summed E-state index contributed by atoms with van der Waals surface area (Å²) >= 11 is 0. The molecule has 5 nitrogen and oxygen atoms in total. The fourth-order valence-corrected chi connectivity index (χ4v) is 1.91. The number of methoxy groups -OCH3 is 1. The number of nitrogens with one attached hydrogen (secondary N) is 2. The molecular formula is C13H16N2O3. The normalized spacial score (nSPS) is 19.5. The highest BCUT2D eigenvalue weighted by Gasteiger charge is 2.25. The van der Waals surface area contributed by atoms with E-state index in [-0.39, 0.29) is 17.9 Å². The third-order valence-electron chi connectivity index (χ3n) is 2.93. The van der Waals surface area contributed by atoms with E-state index in [9.17, 15) is 9.59 Å². The average Bonchev–Trinajstić information content (AvgIpc) is 2.38. The lowest BCUT2D eigenvalue weighted by Crippen LogP contribution is -2.50. The van der Waals surface area contributed by atoms with E-state index < -0.39 is 0 Å². The molecule has 0 aromatic heterocycles. The van der Waals surface area contributed by atoms with Crippen LogP contribution in [0.5, 0.6) is 5.75 Å². The third kappa shape index (κ3) is 3.07. The zero-order valence-corrected chi connectivity index (χ0v) is 10.2. The highest BCUT2D eigenvalue weighted by molar-refractivity contribution is 6.00. The van der Waals surface area contributed by atoms with Crippen LogP contribution in [0.2, 0.25) is 0 Å². The zero-order chi connectivity index (χ0) is 13.0. The number of carbonyl (C=O) groups is 2. The molecule has 1 heterocycles. The van der Waals surface area contributed by atoms with Crippen LogP contribution in [0.3, 0.4) is 0 Å². The Morgan fingerprint density at radius 2 is 2.28 bits per heavy atom. The third-order valence-corrected chi connectivity index (χ3v) is 2.93. The molecule has 18 heavy (non-hydrogen) atoms. The second-order valence-corrected chi connectivity index (χ2v) is 4.24. The van der Waals surface area contributed by atoms with Crippen molar-refractivity contribution in [1.29, 1.82) is 0 Å². The highest BCUT2D eigenvalue weighted by atomic mass is 16.5. The fraction of sp³-hybridized carbons (Fsp3) is 0.385. The van der Waals surface area contributed by atoms with Crippen molar-refractivity contribution in [2.75, 3.05) is 7.11 Å². The van der Waals surface area contributed by atoms with Crippen LogP contribution in [-0.2, 0) is 16.1 Å². The molecule has 1 atom stereocenters. The van der Waals surface area contributed by atoms with Crippen LogP contribution in [0, 0.1) is 0 Å². The predicted octanol–water partition coefficient (Wildman–Crippen LogP) is 0.590. The van der Waals surface area contributed by atoms with Gasteiger partial charge in [0.25, 0.3) is 0 Å². The molecule has 1 saturated heterocycles. The number of ether oxygens (including phenoxy) is 1. The maximum Gasteiger partial charge on any atom is 0.243 e. The molecule has 0 aliphatic carbocycles. The van der Waals surface area contributed by atoms with Gasteiger partial charge in [-0.15, -0.1) is 0 Å². The molecule has 1 fully saturated rings. The molecule has 5 heteroatoms. The number of hydrogen-bond acceptors (Lipinski definition) is 4. The van der Waals surface area contributed by atoms with Gasteiger partial charge in [-0.3, -0.25) is 14.9 Å². The van der Waals surface area contributed by atoms with Crippen molar-refractivity contribution in [3.05, 3.63) is 29.8 Å². The number of amides is 2. The molecule has 1 unspecified atom stereocenters. The quantitative estimate of drug-likeness (QED) is 0.765. The molecule has 1 aromatic carbocycles. The molecule has 0 saturated carbocycles. The van der Waals surface area contributed by atoms with E-state index in [2.05, 4.69) is 10.6 Å². The summed E-state index contributed by atoms with van der Waals surface area (Å²) in [4.78, 5) is 22.5. The highest BCUT2D eigenvalue weighted by Crippen LogP contribution is 2.13. The van der Waals surface area contributed by atoms with Crippen LogP contribution >= 0.6 is 0 Å². The number of carbonyl (C=O) groups excluding carboxylic acids is 2. The van der Waals surface area contributed by atoms with Crippen LogP contribution < -0.4 is 15.4 Å². The largest absolute Gasteiger partial charge is 0.497 e. The summed E-state index contributed by atoms with van der Waals surface area (Å²) in [5.74, 6) is 0.353. The Bertz CT molecular complexity index is 459. The monoisotopic (exact) mass is 248 g/mol. The Morgan fingerprint density at radius 3 is 3.00 bits per heavy atom. The van der Waals surface area contributed by atoms with E-state index in [1.807, 2.05) is 24.3 Å². The van der Waals surface area contributed by atoms with Gasteiger partial charge in [-0.1, -0.05) is 12.1 Å². The predicted molar refractivity (Wildman–Crippen MR) is 66.0 cm³/mol. The molecule has 0 radical (unpaired) electrons. The summed E-state index contributed by atoms with van der Waals surface area (Å²) in [7, 11) is 1.62. The first-order valence-corrected chi connectivity index (χ1v) is 5.89. The van der Waals surface area contributed by atoms with Gasteiger partial charge in [0.15, 0.2) is 0 Å². The van der Waals surface area contributed by atoms with E-state index in [0.717, 1.165) is 11.3 Å². The second kappa shape index (κ2) is 5.64. The van der Waals surface area contributed by atoms with Gasteiger partial charge in [0, 0.05) is 13.0 Å². The van der Waals surface area contributed by atoms with Crippen molar-refractivity contribution >= 4 is 11.8 Å². The Balaban J connectivity index is 1.91. The maximum atomic E-state index is 11.5. The Hall–Kier alpha value is -1.88. The Morgan fingerprint density at radius 1 is 1.44 bits per heavy atom. The van der Waals surface area contributed by atoms with E-state index in [0.29, 0.717) is 19.4 Å². The molecular weight excluding hydrogens is 232 g/mol. The van der Waals surface area contributed by atoms with Crippen LogP contribution in [0.1, 0.15) is 18.4 Å². The lowest BCUT2D eigenvalue weighted by Gasteiger charge is -2.21. The van der Waals surface area contributed by atoms with Crippen molar-refractivity contribution in [2.24, 2.45) is 0 Å². The van der Waals surface area contributed by atoms with Gasteiger partial charge in [0.1, 0.15) is 5.75 Å². The van der Waals surface area contributed by atoms with E-state index >= 15 is 0 Å². The summed E-state index contributed by atoms with van der Waals surface area (Å²) < 4.78 is 5.13. The van der Waals surface area contributed by atoms with Crippen LogP contribution in [0.15, 0.2) is 24.3 Å². The molecule has 1 aliphatic heterocycles. The number of benzene rings is 1. The van der Waals surface area contributed by atoms with Crippen molar-refractivity contribution in [2.45, 2.75) is 25.4 Å². The minimum absolute atomic E-state index is 0.195. The lowest BCUT2D eigenvalue weighted by atomic mass is 10.1. The molecule has 2 N–H and O–H groups in total. The number of imide groups is 1. The van der Waals surface area contributed by atoms with Gasteiger partial charge >= 0.3 is 0 Å². The number of piperidine rings is 1. The molecule has 1 aliphatic rings. The van der Waals surface area contributed by atoms with E-state index in [4.69, 9.17) is 4.74 Å². The van der Waals surface area contributed by atoms with Gasteiger partial charge in [-0.25, -0.2) is 0 Å².